The minimum absolute atomic E-state index is 0.207. The maximum atomic E-state index is 12.3. The third-order valence-corrected chi connectivity index (χ3v) is 3.70. The Bertz CT molecular complexity index is 446. The predicted molar refractivity (Wildman–Crippen MR) is 61.7 cm³/mol. The number of hydrogen-bond donors (Lipinski definition) is 1. The van der Waals surface area contributed by atoms with E-state index in [4.69, 9.17) is 0 Å². The van der Waals surface area contributed by atoms with Crippen LogP contribution in [0, 0.1) is 0 Å². The van der Waals surface area contributed by atoms with Crippen LogP contribution in [-0.2, 0) is 12.8 Å². The van der Waals surface area contributed by atoms with Crippen molar-refractivity contribution in [1.29, 1.82) is 0 Å². The van der Waals surface area contributed by atoms with E-state index in [1.807, 2.05) is 4.57 Å². The summed E-state index contributed by atoms with van der Waals surface area (Å²) >= 11 is 0. The second-order valence-corrected chi connectivity index (χ2v) is 4.74. The number of rotatable bonds is 1. The lowest BCUT2D eigenvalue weighted by atomic mass is 9.97. The van der Waals surface area contributed by atoms with Gasteiger partial charge >= 0.3 is 0 Å². The Labute approximate surface area is 94.7 Å². The number of aryl methyl sites for hydroxylation is 1. The van der Waals surface area contributed by atoms with Gasteiger partial charge in [-0.3, -0.25) is 9.36 Å². The van der Waals surface area contributed by atoms with Gasteiger partial charge in [0.25, 0.3) is 5.56 Å². The van der Waals surface area contributed by atoms with Crippen LogP contribution >= 0.6 is 0 Å². The van der Waals surface area contributed by atoms with E-state index in [2.05, 4.69) is 10.3 Å². The van der Waals surface area contributed by atoms with Gasteiger partial charge in [0.15, 0.2) is 0 Å². The first-order valence-corrected chi connectivity index (χ1v) is 6.16. The van der Waals surface area contributed by atoms with Gasteiger partial charge in [0.1, 0.15) is 0 Å². The van der Waals surface area contributed by atoms with Crippen molar-refractivity contribution in [3.63, 3.8) is 0 Å². The smallest absolute Gasteiger partial charge is 0.257 e. The number of aromatic nitrogens is 2. The molecule has 1 fully saturated rings. The molecule has 2 aliphatic rings. The summed E-state index contributed by atoms with van der Waals surface area (Å²) in [5.74, 6) is 0. The van der Waals surface area contributed by atoms with Crippen molar-refractivity contribution in [1.82, 2.24) is 14.9 Å². The van der Waals surface area contributed by atoms with Gasteiger partial charge in [0.2, 0.25) is 0 Å². The number of hydrogen-bond acceptors (Lipinski definition) is 3. The van der Waals surface area contributed by atoms with Gasteiger partial charge in [-0.1, -0.05) is 0 Å². The summed E-state index contributed by atoms with van der Waals surface area (Å²) in [6, 6.07) is 0.312. The molecular weight excluding hydrogens is 202 g/mol. The molecule has 4 nitrogen and oxygen atoms in total. The third-order valence-electron chi connectivity index (χ3n) is 3.70. The van der Waals surface area contributed by atoms with Gasteiger partial charge in [-0.25, -0.2) is 4.98 Å². The maximum absolute atomic E-state index is 12.3. The second kappa shape index (κ2) is 4.01. The minimum atomic E-state index is 0.207. The summed E-state index contributed by atoms with van der Waals surface area (Å²) in [6.07, 6.45) is 7.01. The Morgan fingerprint density at radius 2 is 2.25 bits per heavy atom. The minimum Gasteiger partial charge on any atom is -0.315 e. The van der Waals surface area contributed by atoms with E-state index in [1.165, 1.54) is 6.42 Å². The SMILES string of the molecule is O=c1c2c(ncn1C1CCNC1)CCCC2. The quantitative estimate of drug-likeness (QED) is 0.754. The van der Waals surface area contributed by atoms with Crippen molar-refractivity contribution in [3.8, 4) is 0 Å². The Morgan fingerprint density at radius 1 is 1.38 bits per heavy atom. The van der Waals surface area contributed by atoms with E-state index in [0.29, 0.717) is 6.04 Å². The van der Waals surface area contributed by atoms with Crippen molar-refractivity contribution < 1.29 is 0 Å². The molecule has 1 atom stereocenters. The summed E-state index contributed by atoms with van der Waals surface area (Å²) < 4.78 is 1.84. The van der Waals surface area contributed by atoms with Crippen molar-refractivity contribution in [2.45, 2.75) is 38.1 Å². The molecule has 1 N–H and O–H groups in total. The largest absolute Gasteiger partial charge is 0.315 e. The molecule has 0 radical (unpaired) electrons. The number of nitrogens with zero attached hydrogens (tertiary/aromatic N) is 2. The summed E-state index contributed by atoms with van der Waals surface area (Å²) in [5.41, 5.74) is 2.22. The predicted octanol–water partition coefficient (Wildman–Crippen LogP) is 0.656. The molecule has 1 aromatic rings. The molecule has 0 bridgehead atoms. The first kappa shape index (κ1) is 10.0. The molecule has 4 heteroatoms. The molecule has 1 saturated heterocycles. The fourth-order valence-corrected chi connectivity index (χ4v) is 2.74. The Hall–Kier alpha value is -1.16. The molecule has 1 unspecified atom stereocenters. The fourth-order valence-electron chi connectivity index (χ4n) is 2.74. The lowest BCUT2D eigenvalue weighted by Crippen LogP contribution is -2.31. The van der Waals surface area contributed by atoms with Crippen LogP contribution in [0.4, 0.5) is 0 Å². The average molecular weight is 219 g/mol. The summed E-state index contributed by atoms with van der Waals surface area (Å²) in [5, 5.41) is 3.29. The molecular formula is C12H17N3O. The zero-order valence-electron chi connectivity index (χ0n) is 9.41. The van der Waals surface area contributed by atoms with E-state index in [-0.39, 0.29) is 5.56 Å². The van der Waals surface area contributed by atoms with Crippen LogP contribution in [0.1, 0.15) is 36.6 Å². The van der Waals surface area contributed by atoms with Crippen LogP contribution < -0.4 is 10.9 Å². The van der Waals surface area contributed by atoms with Gasteiger partial charge in [-0.05, 0) is 38.6 Å². The lowest BCUT2D eigenvalue weighted by Gasteiger charge is -2.18. The van der Waals surface area contributed by atoms with Gasteiger partial charge in [-0.2, -0.15) is 0 Å². The average Bonchev–Trinajstić information content (AvgIpc) is 2.83. The number of fused-ring (bicyclic) bond motifs is 1. The van der Waals surface area contributed by atoms with Crippen LogP contribution in [0.3, 0.4) is 0 Å². The molecule has 0 aromatic carbocycles. The van der Waals surface area contributed by atoms with Crippen LogP contribution in [0.5, 0.6) is 0 Å². The van der Waals surface area contributed by atoms with Crippen LogP contribution in [0.2, 0.25) is 0 Å². The van der Waals surface area contributed by atoms with E-state index in [1.54, 1.807) is 6.33 Å². The summed E-state index contributed by atoms with van der Waals surface area (Å²) in [4.78, 5) is 16.8. The van der Waals surface area contributed by atoms with Crippen LogP contribution in [0.15, 0.2) is 11.1 Å². The van der Waals surface area contributed by atoms with Gasteiger partial charge < -0.3 is 5.32 Å². The molecule has 1 aliphatic carbocycles. The van der Waals surface area contributed by atoms with Crippen LogP contribution in [-0.4, -0.2) is 22.6 Å². The summed E-state index contributed by atoms with van der Waals surface area (Å²) in [6.45, 7) is 1.91. The maximum Gasteiger partial charge on any atom is 0.257 e. The zero-order chi connectivity index (χ0) is 11.0. The second-order valence-electron chi connectivity index (χ2n) is 4.74. The molecule has 0 saturated carbocycles. The molecule has 3 rings (SSSR count). The van der Waals surface area contributed by atoms with Gasteiger partial charge in [-0.15, -0.1) is 0 Å². The Balaban J connectivity index is 2.03. The van der Waals surface area contributed by atoms with Crippen molar-refractivity contribution in [3.05, 3.63) is 27.9 Å². The molecule has 86 valence electrons. The molecule has 1 aromatic heterocycles. The molecule has 16 heavy (non-hydrogen) atoms. The van der Waals surface area contributed by atoms with E-state index < -0.39 is 0 Å². The highest BCUT2D eigenvalue weighted by Gasteiger charge is 2.21. The van der Waals surface area contributed by atoms with Crippen molar-refractivity contribution >= 4 is 0 Å². The van der Waals surface area contributed by atoms with Crippen molar-refractivity contribution in [2.24, 2.45) is 0 Å². The highest BCUT2D eigenvalue weighted by molar-refractivity contribution is 5.20. The molecule has 2 heterocycles. The van der Waals surface area contributed by atoms with E-state index >= 15 is 0 Å². The summed E-state index contributed by atoms with van der Waals surface area (Å²) in [7, 11) is 0. The van der Waals surface area contributed by atoms with Crippen molar-refractivity contribution in [2.75, 3.05) is 13.1 Å². The Morgan fingerprint density at radius 3 is 3.06 bits per heavy atom. The fraction of sp³-hybridized carbons (Fsp3) is 0.667. The normalized spacial score (nSPS) is 24.4. The lowest BCUT2D eigenvalue weighted by molar-refractivity contribution is 0.505. The van der Waals surface area contributed by atoms with Crippen LogP contribution in [0.25, 0.3) is 0 Å². The van der Waals surface area contributed by atoms with Gasteiger partial charge in [0, 0.05) is 12.1 Å². The highest BCUT2D eigenvalue weighted by atomic mass is 16.1. The number of nitrogens with one attached hydrogen (secondary N) is 1. The molecule has 1 aliphatic heterocycles. The van der Waals surface area contributed by atoms with Gasteiger partial charge in [0.05, 0.1) is 18.1 Å². The third kappa shape index (κ3) is 1.57. The standard InChI is InChI=1S/C12H17N3O/c16-12-10-3-1-2-4-11(10)14-8-15(12)9-5-6-13-7-9/h8-9,13H,1-7H2. The zero-order valence-corrected chi connectivity index (χ0v) is 9.41. The Kier molecular flexibility index (Phi) is 2.52. The molecule has 0 amide bonds. The topological polar surface area (TPSA) is 46.9 Å². The van der Waals surface area contributed by atoms with E-state index in [0.717, 1.165) is 50.0 Å². The monoisotopic (exact) mass is 219 g/mol. The highest BCUT2D eigenvalue weighted by Crippen LogP contribution is 2.18. The first-order chi connectivity index (χ1) is 7.86. The molecule has 0 spiro atoms. The first-order valence-electron chi connectivity index (χ1n) is 6.16. The van der Waals surface area contributed by atoms with E-state index in [9.17, 15) is 4.79 Å².